The molecule has 1 saturated heterocycles. The third-order valence-electron chi connectivity index (χ3n) is 4.29. The van der Waals surface area contributed by atoms with Gasteiger partial charge in [0.2, 0.25) is 10.0 Å². The van der Waals surface area contributed by atoms with Crippen LogP contribution >= 0.6 is 11.6 Å². The van der Waals surface area contributed by atoms with Crippen molar-refractivity contribution in [3.8, 4) is 0 Å². The van der Waals surface area contributed by atoms with Gasteiger partial charge in [0.15, 0.2) is 0 Å². The Morgan fingerprint density at radius 2 is 1.95 bits per heavy atom. The van der Waals surface area contributed by atoms with Gasteiger partial charge in [-0.2, -0.15) is 4.31 Å². The van der Waals surface area contributed by atoms with Crippen LogP contribution in [0, 0.1) is 18.8 Å². The summed E-state index contributed by atoms with van der Waals surface area (Å²) in [6.07, 6.45) is 0.884. The van der Waals surface area contributed by atoms with E-state index in [9.17, 15) is 8.42 Å². The number of sulfonamides is 1. The zero-order valence-corrected chi connectivity index (χ0v) is 13.6. The Morgan fingerprint density at radius 1 is 1.30 bits per heavy atom. The van der Waals surface area contributed by atoms with E-state index in [1.165, 1.54) is 16.4 Å². The Morgan fingerprint density at radius 3 is 2.50 bits per heavy atom. The maximum atomic E-state index is 12.7. The molecule has 1 heterocycles. The first-order valence-electron chi connectivity index (χ1n) is 6.79. The van der Waals surface area contributed by atoms with Gasteiger partial charge < -0.3 is 5.73 Å². The molecule has 1 aromatic rings. The number of nitrogens with zero attached hydrogens (tertiary/aromatic N) is 1. The molecule has 0 amide bonds. The van der Waals surface area contributed by atoms with Gasteiger partial charge in [-0.1, -0.05) is 25.4 Å². The third-order valence-corrected chi connectivity index (χ3v) is 6.53. The molecule has 0 saturated carbocycles. The Bertz CT molecular complexity index is 593. The van der Waals surface area contributed by atoms with Crippen molar-refractivity contribution in [3.63, 3.8) is 0 Å². The van der Waals surface area contributed by atoms with Crippen LogP contribution in [-0.2, 0) is 10.0 Å². The van der Waals surface area contributed by atoms with Crippen molar-refractivity contribution in [1.82, 2.24) is 4.31 Å². The molecule has 112 valence electrons. The van der Waals surface area contributed by atoms with Crippen LogP contribution in [0.3, 0.4) is 0 Å². The molecule has 2 atom stereocenters. The molecule has 0 aliphatic carbocycles. The summed E-state index contributed by atoms with van der Waals surface area (Å²) in [5, 5.41) is 0.391. The number of nitrogens with two attached hydrogens (primary N) is 1. The Balaban J connectivity index is 2.36. The molecule has 2 rings (SSSR count). The van der Waals surface area contributed by atoms with E-state index >= 15 is 0 Å². The highest BCUT2D eigenvalue weighted by molar-refractivity contribution is 7.89. The van der Waals surface area contributed by atoms with Crippen molar-refractivity contribution < 1.29 is 8.42 Å². The summed E-state index contributed by atoms with van der Waals surface area (Å²) in [7, 11) is -3.51. The smallest absolute Gasteiger partial charge is 0.243 e. The lowest BCUT2D eigenvalue weighted by Gasteiger charge is -2.34. The standard InChI is InChI=1S/C14H21ClN2O2S/c1-9-4-5-17(8-10(9)2)20(18,19)12-6-13(15)11(3)14(16)7-12/h6-7,9-10H,4-5,8,16H2,1-3H3. The second-order valence-electron chi connectivity index (χ2n) is 5.73. The Labute approximate surface area is 126 Å². The topological polar surface area (TPSA) is 63.4 Å². The average Bonchev–Trinajstić information content (AvgIpc) is 2.38. The number of hydrogen-bond acceptors (Lipinski definition) is 3. The molecular formula is C14H21ClN2O2S. The van der Waals surface area contributed by atoms with Gasteiger partial charge in [-0.15, -0.1) is 0 Å². The molecule has 6 heteroatoms. The number of hydrogen-bond donors (Lipinski definition) is 1. The molecule has 2 N–H and O–H groups in total. The summed E-state index contributed by atoms with van der Waals surface area (Å²) in [6.45, 7) is 7.13. The Kier molecular flexibility index (Phi) is 4.33. The largest absolute Gasteiger partial charge is 0.398 e. The molecule has 1 aliphatic heterocycles. The van der Waals surface area contributed by atoms with Crippen molar-refractivity contribution >= 4 is 27.3 Å². The fourth-order valence-electron chi connectivity index (χ4n) is 2.42. The predicted molar refractivity (Wildman–Crippen MR) is 82.3 cm³/mol. The summed E-state index contributed by atoms with van der Waals surface area (Å²) in [6, 6.07) is 2.99. The van der Waals surface area contributed by atoms with Crippen molar-refractivity contribution in [2.24, 2.45) is 11.8 Å². The number of benzene rings is 1. The highest BCUT2D eigenvalue weighted by Gasteiger charge is 2.32. The van der Waals surface area contributed by atoms with Gasteiger partial charge in [0.25, 0.3) is 0 Å². The maximum absolute atomic E-state index is 12.7. The number of nitrogen functional groups attached to an aromatic ring is 1. The first kappa shape index (κ1) is 15.6. The maximum Gasteiger partial charge on any atom is 0.243 e. The van der Waals surface area contributed by atoms with Crippen LogP contribution in [0.5, 0.6) is 0 Å². The van der Waals surface area contributed by atoms with Gasteiger partial charge in [-0.3, -0.25) is 0 Å². The lowest BCUT2D eigenvalue weighted by Crippen LogP contribution is -2.42. The van der Waals surface area contributed by atoms with Crippen LogP contribution in [0.4, 0.5) is 5.69 Å². The van der Waals surface area contributed by atoms with E-state index in [0.717, 1.165) is 6.42 Å². The highest BCUT2D eigenvalue weighted by atomic mass is 35.5. The molecule has 1 aromatic carbocycles. The minimum atomic E-state index is -3.51. The van der Waals surface area contributed by atoms with Crippen LogP contribution in [-0.4, -0.2) is 25.8 Å². The van der Waals surface area contributed by atoms with Gasteiger partial charge in [-0.05, 0) is 42.9 Å². The zero-order valence-electron chi connectivity index (χ0n) is 12.1. The van der Waals surface area contributed by atoms with E-state index in [-0.39, 0.29) is 4.90 Å². The molecule has 4 nitrogen and oxygen atoms in total. The molecule has 0 aromatic heterocycles. The third kappa shape index (κ3) is 2.80. The lowest BCUT2D eigenvalue weighted by molar-refractivity contribution is 0.212. The van der Waals surface area contributed by atoms with E-state index in [2.05, 4.69) is 13.8 Å². The number of anilines is 1. The van der Waals surface area contributed by atoms with E-state index in [0.29, 0.717) is 41.2 Å². The molecule has 20 heavy (non-hydrogen) atoms. The minimum absolute atomic E-state index is 0.187. The van der Waals surface area contributed by atoms with Gasteiger partial charge in [-0.25, -0.2) is 8.42 Å². The average molecular weight is 317 g/mol. The molecule has 2 unspecified atom stereocenters. The number of halogens is 1. The minimum Gasteiger partial charge on any atom is -0.398 e. The van der Waals surface area contributed by atoms with Crippen LogP contribution in [0.25, 0.3) is 0 Å². The molecular weight excluding hydrogens is 296 g/mol. The van der Waals surface area contributed by atoms with E-state index in [1.807, 2.05) is 0 Å². The fourth-order valence-corrected chi connectivity index (χ4v) is 4.32. The van der Waals surface area contributed by atoms with Crippen LogP contribution in [0.15, 0.2) is 17.0 Å². The quantitative estimate of drug-likeness (QED) is 0.853. The van der Waals surface area contributed by atoms with Crippen molar-refractivity contribution in [2.75, 3.05) is 18.8 Å². The van der Waals surface area contributed by atoms with Gasteiger partial charge >= 0.3 is 0 Å². The van der Waals surface area contributed by atoms with Crippen LogP contribution in [0.1, 0.15) is 25.8 Å². The van der Waals surface area contributed by atoms with Gasteiger partial charge in [0, 0.05) is 23.8 Å². The lowest BCUT2D eigenvalue weighted by atomic mass is 9.90. The first-order valence-corrected chi connectivity index (χ1v) is 8.61. The molecule has 0 bridgehead atoms. The molecule has 1 fully saturated rings. The van der Waals surface area contributed by atoms with Crippen molar-refractivity contribution in [2.45, 2.75) is 32.1 Å². The summed E-state index contributed by atoms with van der Waals surface area (Å²) >= 11 is 6.05. The van der Waals surface area contributed by atoms with E-state index in [4.69, 9.17) is 17.3 Å². The first-order chi connectivity index (χ1) is 9.23. The fraction of sp³-hybridized carbons (Fsp3) is 0.571. The molecule has 1 aliphatic rings. The number of rotatable bonds is 2. The van der Waals surface area contributed by atoms with Gasteiger partial charge in [0.1, 0.15) is 0 Å². The summed E-state index contributed by atoms with van der Waals surface area (Å²) in [5.74, 6) is 0.907. The molecule has 0 radical (unpaired) electrons. The Hall–Kier alpha value is -0.780. The predicted octanol–water partition coefficient (Wildman–Crippen LogP) is 2.90. The van der Waals surface area contributed by atoms with E-state index < -0.39 is 10.0 Å². The summed E-state index contributed by atoms with van der Waals surface area (Å²) in [4.78, 5) is 0.187. The normalized spacial score (nSPS) is 24.8. The van der Waals surface area contributed by atoms with E-state index in [1.54, 1.807) is 6.92 Å². The monoisotopic (exact) mass is 316 g/mol. The highest BCUT2D eigenvalue weighted by Crippen LogP contribution is 2.31. The summed E-state index contributed by atoms with van der Waals surface area (Å²) in [5.41, 5.74) is 6.96. The SMILES string of the molecule is Cc1c(N)cc(S(=O)(=O)N2CCC(C)C(C)C2)cc1Cl. The second kappa shape index (κ2) is 5.54. The van der Waals surface area contributed by atoms with Gasteiger partial charge in [0.05, 0.1) is 4.90 Å². The van der Waals surface area contributed by atoms with Crippen molar-refractivity contribution in [1.29, 1.82) is 0 Å². The summed E-state index contributed by atoms with van der Waals surface area (Å²) < 4.78 is 26.9. The molecule has 0 spiro atoms. The zero-order chi connectivity index (χ0) is 15.1. The van der Waals surface area contributed by atoms with Crippen LogP contribution < -0.4 is 5.73 Å². The van der Waals surface area contributed by atoms with Crippen LogP contribution in [0.2, 0.25) is 5.02 Å². The second-order valence-corrected chi connectivity index (χ2v) is 8.07. The number of piperidine rings is 1. The van der Waals surface area contributed by atoms with Crippen molar-refractivity contribution in [3.05, 3.63) is 22.7 Å².